The van der Waals surface area contributed by atoms with Crippen molar-refractivity contribution in [2.75, 3.05) is 32.1 Å². The third-order valence-electron chi connectivity index (χ3n) is 8.80. The van der Waals surface area contributed by atoms with Crippen LogP contribution in [-0.4, -0.2) is 92.8 Å². The summed E-state index contributed by atoms with van der Waals surface area (Å²) >= 11 is 0. The summed E-state index contributed by atoms with van der Waals surface area (Å²) in [7, 11) is 2.95. The van der Waals surface area contributed by atoms with E-state index in [1.54, 1.807) is 19.1 Å². The molecule has 2 fully saturated rings. The molecule has 0 spiro atoms. The van der Waals surface area contributed by atoms with E-state index in [4.69, 9.17) is 5.73 Å². The largest absolute Gasteiger partial charge is 0.508 e. The molecule has 3 aliphatic carbocycles. The Bertz CT molecular complexity index is 1310. The Morgan fingerprint density at radius 3 is 2.32 bits per heavy atom. The van der Waals surface area contributed by atoms with Gasteiger partial charge in [0, 0.05) is 24.6 Å². The van der Waals surface area contributed by atoms with E-state index in [0.29, 0.717) is 11.3 Å². The number of piperidine rings is 1. The van der Waals surface area contributed by atoms with Crippen molar-refractivity contribution < 1.29 is 39.9 Å². The minimum atomic E-state index is -2.91. The maximum atomic E-state index is 14.0. The molecule has 4 aliphatic rings. The standard InChI is InChI=1S/C27H33N3O8/c1-11-12-7-8-13(30-9-5-4-6-10-30)20(31)15(12)21(32)16-14(11)22(33)18-19(29(2)3)23(34)17(26(28)37)25(36)27(18,38)24(16)35/h7-8,11,14,18-19,22,31-33,36,38H,4-6,9-10H2,1-3H3,(H2,28,37)/t11-,14+,18+,19?,22-,27-/m1/s1. The molecule has 1 aliphatic heterocycles. The van der Waals surface area contributed by atoms with Crippen LogP contribution in [0.2, 0.25) is 0 Å². The van der Waals surface area contributed by atoms with Crippen LogP contribution in [0.3, 0.4) is 0 Å². The molecule has 11 heteroatoms. The first-order chi connectivity index (χ1) is 17.8. The molecular formula is C27H33N3O8. The number of nitrogens with two attached hydrogens (primary N) is 1. The van der Waals surface area contributed by atoms with Crippen molar-refractivity contribution in [2.24, 2.45) is 17.6 Å². The summed E-state index contributed by atoms with van der Waals surface area (Å²) in [6.07, 6.45) is 1.36. The van der Waals surface area contributed by atoms with Crippen molar-refractivity contribution in [1.29, 1.82) is 0 Å². The first-order valence-corrected chi connectivity index (χ1v) is 12.8. The zero-order valence-electron chi connectivity index (χ0n) is 21.5. The van der Waals surface area contributed by atoms with Crippen LogP contribution in [0.4, 0.5) is 5.69 Å². The Morgan fingerprint density at radius 1 is 1.11 bits per heavy atom. The van der Waals surface area contributed by atoms with Crippen LogP contribution < -0.4 is 10.6 Å². The highest BCUT2D eigenvalue weighted by molar-refractivity contribution is 6.24. The van der Waals surface area contributed by atoms with Crippen molar-refractivity contribution in [3.05, 3.63) is 40.2 Å². The van der Waals surface area contributed by atoms with Gasteiger partial charge in [0.1, 0.15) is 22.8 Å². The third-order valence-corrected chi connectivity index (χ3v) is 8.80. The van der Waals surface area contributed by atoms with E-state index < -0.39 is 70.1 Å². The SMILES string of the molecule is C[C@@H]1c2ccc(N3CCCCC3)c(O)c2C(O)=C2C(=O)[C@@]3(O)C(O)=C(C(N)=O)C(=O)C(N(C)C)[C@H]3[C@H](O)[C@H]21. The van der Waals surface area contributed by atoms with Crippen LogP contribution in [0.5, 0.6) is 5.75 Å². The third kappa shape index (κ3) is 3.28. The molecule has 1 unspecified atom stereocenters. The number of carbonyl (C=O) groups is 3. The van der Waals surface area contributed by atoms with Crippen molar-refractivity contribution in [3.8, 4) is 5.75 Å². The van der Waals surface area contributed by atoms with Crippen molar-refractivity contribution >= 4 is 28.9 Å². The second-order valence-corrected chi connectivity index (χ2v) is 11.0. The van der Waals surface area contributed by atoms with Gasteiger partial charge in [-0.3, -0.25) is 19.3 Å². The van der Waals surface area contributed by atoms with E-state index in [1.807, 2.05) is 4.90 Å². The van der Waals surface area contributed by atoms with Crippen LogP contribution in [0.15, 0.2) is 29.0 Å². The molecule has 5 rings (SSSR count). The number of hydrogen-bond acceptors (Lipinski definition) is 10. The summed E-state index contributed by atoms with van der Waals surface area (Å²) in [5.74, 6) is -8.77. The first-order valence-electron chi connectivity index (χ1n) is 12.8. The van der Waals surface area contributed by atoms with E-state index in [9.17, 15) is 39.9 Å². The van der Waals surface area contributed by atoms with Crippen LogP contribution in [0, 0.1) is 11.8 Å². The van der Waals surface area contributed by atoms with Crippen molar-refractivity contribution in [2.45, 2.75) is 49.9 Å². The second-order valence-electron chi connectivity index (χ2n) is 11.0. The van der Waals surface area contributed by atoms with E-state index in [-0.39, 0.29) is 16.9 Å². The molecule has 0 bridgehead atoms. The number of aromatic hydroxyl groups is 1. The summed E-state index contributed by atoms with van der Waals surface area (Å²) in [5.41, 5.74) is 2.12. The summed E-state index contributed by atoms with van der Waals surface area (Å²) in [6.45, 7) is 3.15. The summed E-state index contributed by atoms with van der Waals surface area (Å²) in [6, 6.07) is 2.12. The molecular weight excluding hydrogens is 494 g/mol. The molecule has 1 aromatic rings. The second kappa shape index (κ2) is 8.82. The van der Waals surface area contributed by atoms with E-state index in [2.05, 4.69) is 0 Å². The molecule has 1 aromatic carbocycles. The molecule has 6 atom stereocenters. The van der Waals surface area contributed by atoms with Gasteiger partial charge >= 0.3 is 0 Å². The first kappa shape index (κ1) is 26.2. The van der Waals surface area contributed by atoms with E-state index in [0.717, 1.165) is 32.4 Å². The zero-order valence-corrected chi connectivity index (χ0v) is 21.5. The number of phenolic OH excluding ortho intramolecular Hbond substituents is 1. The average molecular weight is 528 g/mol. The number of primary amides is 1. The number of benzene rings is 1. The van der Waals surface area contributed by atoms with Crippen LogP contribution >= 0.6 is 0 Å². The molecule has 1 amide bonds. The van der Waals surface area contributed by atoms with Crippen LogP contribution in [0.1, 0.15) is 43.2 Å². The van der Waals surface area contributed by atoms with Gasteiger partial charge in [-0.2, -0.15) is 0 Å². The maximum absolute atomic E-state index is 14.0. The highest BCUT2D eigenvalue weighted by atomic mass is 16.4. The number of hydrogen-bond donors (Lipinski definition) is 6. The number of amides is 1. The van der Waals surface area contributed by atoms with Gasteiger partial charge in [-0.25, -0.2) is 0 Å². The fraction of sp³-hybridized carbons (Fsp3) is 0.519. The van der Waals surface area contributed by atoms with E-state index in [1.165, 1.54) is 19.0 Å². The lowest BCUT2D eigenvalue weighted by Gasteiger charge is -2.53. The smallest absolute Gasteiger partial charge is 0.255 e. The molecule has 1 heterocycles. The number of aliphatic hydroxyl groups is 4. The Morgan fingerprint density at radius 2 is 1.74 bits per heavy atom. The Balaban J connectivity index is 1.75. The van der Waals surface area contributed by atoms with Gasteiger partial charge in [-0.15, -0.1) is 0 Å². The Kier molecular flexibility index (Phi) is 6.08. The average Bonchev–Trinajstić information content (AvgIpc) is 2.86. The summed E-state index contributed by atoms with van der Waals surface area (Å²) < 4.78 is 0. The lowest BCUT2D eigenvalue weighted by Crippen LogP contribution is -2.70. The Labute approximate surface area is 219 Å². The summed E-state index contributed by atoms with van der Waals surface area (Å²) in [4.78, 5) is 42.7. The van der Waals surface area contributed by atoms with Gasteiger partial charge in [0.15, 0.2) is 11.4 Å². The van der Waals surface area contributed by atoms with Gasteiger partial charge in [0.05, 0.1) is 29.3 Å². The number of carbonyl (C=O) groups excluding carboxylic acids is 3. The quantitative estimate of drug-likeness (QED) is 0.302. The fourth-order valence-electron chi connectivity index (χ4n) is 7.00. The molecule has 1 saturated heterocycles. The topological polar surface area (TPSA) is 185 Å². The number of fused-ring (bicyclic) bond motifs is 3. The van der Waals surface area contributed by atoms with Gasteiger partial charge in [-0.1, -0.05) is 13.0 Å². The Hall–Kier alpha value is -3.41. The van der Waals surface area contributed by atoms with Crippen molar-refractivity contribution in [3.63, 3.8) is 0 Å². The van der Waals surface area contributed by atoms with Gasteiger partial charge < -0.3 is 36.2 Å². The fourth-order valence-corrected chi connectivity index (χ4v) is 7.00. The molecule has 1 saturated carbocycles. The normalized spacial score (nSPS) is 33.3. The molecule has 204 valence electrons. The number of phenols is 1. The highest BCUT2D eigenvalue weighted by Crippen LogP contribution is 2.57. The van der Waals surface area contributed by atoms with Gasteiger partial charge in [0.25, 0.3) is 5.91 Å². The number of ketones is 2. The molecule has 0 radical (unpaired) electrons. The highest BCUT2D eigenvalue weighted by Gasteiger charge is 2.68. The molecule has 11 nitrogen and oxygen atoms in total. The molecule has 7 N–H and O–H groups in total. The minimum absolute atomic E-state index is 0.0177. The number of nitrogens with zero attached hydrogens (tertiary/aromatic N) is 2. The zero-order chi connectivity index (χ0) is 27.8. The maximum Gasteiger partial charge on any atom is 0.255 e. The lowest BCUT2D eigenvalue weighted by molar-refractivity contribution is -0.169. The number of likely N-dealkylation sites (N-methyl/N-ethyl adjacent to an activating group) is 1. The van der Waals surface area contributed by atoms with Gasteiger partial charge in [0.2, 0.25) is 5.78 Å². The predicted octanol–water partition coefficient (Wildman–Crippen LogP) is 0.486. The molecule has 38 heavy (non-hydrogen) atoms. The van der Waals surface area contributed by atoms with Gasteiger partial charge in [-0.05, 0) is 50.9 Å². The summed E-state index contributed by atoms with van der Waals surface area (Å²) in [5, 5.41) is 57.1. The van der Waals surface area contributed by atoms with Crippen LogP contribution in [0.25, 0.3) is 5.76 Å². The number of aliphatic hydroxyl groups excluding tert-OH is 3. The number of Topliss-reactive ketones (excluding diaryl/α,β-unsaturated/α-hetero) is 2. The number of rotatable bonds is 3. The predicted molar refractivity (Wildman–Crippen MR) is 136 cm³/mol. The molecule has 0 aromatic heterocycles. The van der Waals surface area contributed by atoms with Crippen molar-refractivity contribution in [1.82, 2.24) is 4.90 Å². The number of anilines is 1. The minimum Gasteiger partial charge on any atom is -0.508 e. The van der Waals surface area contributed by atoms with E-state index >= 15 is 0 Å². The monoisotopic (exact) mass is 527 g/mol. The van der Waals surface area contributed by atoms with Crippen LogP contribution in [-0.2, 0) is 14.4 Å². The lowest BCUT2D eigenvalue weighted by atomic mass is 9.54.